The van der Waals surface area contributed by atoms with Crippen molar-refractivity contribution >= 4 is 6.09 Å². The van der Waals surface area contributed by atoms with E-state index in [1.54, 1.807) is 0 Å². The van der Waals surface area contributed by atoms with Crippen LogP contribution in [0.5, 0.6) is 0 Å². The first-order valence-corrected chi connectivity index (χ1v) is 7.97. The number of carbonyl (C=O) groups is 1. The normalized spacial score (nSPS) is 15.7. The third-order valence-electron chi connectivity index (χ3n) is 3.25. The van der Waals surface area contributed by atoms with E-state index in [0.29, 0.717) is 38.0 Å². The smallest absolute Gasteiger partial charge is 0.407 e. The average molecular weight is 330 g/mol. The molecule has 23 heavy (non-hydrogen) atoms. The van der Waals surface area contributed by atoms with Crippen LogP contribution in [0.25, 0.3) is 0 Å². The minimum absolute atomic E-state index is 0.0398. The summed E-state index contributed by atoms with van der Waals surface area (Å²) in [5.74, 6) is 1.01. The summed E-state index contributed by atoms with van der Waals surface area (Å²) in [7, 11) is 1.97. The van der Waals surface area contributed by atoms with Gasteiger partial charge in [-0.2, -0.15) is 0 Å². The lowest BCUT2D eigenvalue weighted by Crippen LogP contribution is -2.38. The van der Waals surface area contributed by atoms with Crippen LogP contribution in [0, 0.1) is 5.92 Å². The Morgan fingerprint density at radius 1 is 1.35 bits per heavy atom. The standard InChI is InChI=1S/C16H30N2O5/c1-11(2)12(13-14(19)22-13)18(6)8-10-21-9-7-17-15(20)23-16(3,4)5/h11-12,19H,7-10H2,1-6H3,(H,17,20)/t12-/m0/s1. The predicted molar refractivity (Wildman–Crippen MR) is 87.1 cm³/mol. The molecule has 7 nitrogen and oxygen atoms in total. The highest BCUT2D eigenvalue weighted by Crippen LogP contribution is 2.32. The quantitative estimate of drug-likeness (QED) is 0.631. The lowest BCUT2D eigenvalue weighted by atomic mass is 10.0. The summed E-state index contributed by atoms with van der Waals surface area (Å²) in [5, 5.41) is 12.0. The van der Waals surface area contributed by atoms with Gasteiger partial charge in [0.05, 0.1) is 19.3 Å². The molecule has 0 fully saturated rings. The maximum absolute atomic E-state index is 11.4. The molecule has 2 N–H and O–H groups in total. The Kier molecular flexibility index (Phi) is 7.15. The average Bonchev–Trinajstić information content (AvgIpc) is 3.07. The Balaban J connectivity index is 2.14. The number of aliphatic hydroxyl groups excluding tert-OH is 1. The Labute approximate surface area is 138 Å². The third kappa shape index (κ3) is 7.56. The fourth-order valence-corrected chi connectivity index (χ4v) is 2.27. The summed E-state index contributed by atoms with van der Waals surface area (Å²) in [6.07, 6.45) is -0.439. The molecular formula is C16H30N2O5. The zero-order valence-corrected chi connectivity index (χ0v) is 15.0. The van der Waals surface area contributed by atoms with Gasteiger partial charge in [0.25, 0.3) is 0 Å². The number of alkyl carbamates (subject to hydrolysis) is 1. The second kappa shape index (κ2) is 8.40. The zero-order chi connectivity index (χ0) is 17.6. The van der Waals surface area contributed by atoms with Gasteiger partial charge in [0.1, 0.15) is 5.60 Å². The summed E-state index contributed by atoms with van der Waals surface area (Å²) >= 11 is 0. The van der Waals surface area contributed by atoms with Crippen LogP contribution in [0.2, 0.25) is 0 Å². The topological polar surface area (TPSA) is 83.6 Å². The van der Waals surface area contributed by atoms with E-state index in [0.717, 1.165) is 0 Å². The molecule has 0 aromatic carbocycles. The van der Waals surface area contributed by atoms with E-state index in [2.05, 4.69) is 24.1 Å². The Hall–Kier alpha value is -1.47. The van der Waals surface area contributed by atoms with Gasteiger partial charge in [-0.1, -0.05) is 13.8 Å². The number of amides is 1. The first-order chi connectivity index (χ1) is 10.6. The van der Waals surface area contributed by atoms with E-state index in [9.17, 15) is 9.90 Å². The molecule has 1 aliphatic rings. The van der Waals surface area contributed by atoms with E-state index >= 15 is 0 Å². The van der Waals surface area contributed by atoms with Gasteiger partial charge in [-0.15, -0.1) is 0 Å². The van der Waals surface area contributed by atoms with Gasteiger partial charge in [0.15, 0.2) is 0 Å². The number of hydrogen-bond acceptors (Lipinski definition) is 6. The van der Waals surface area contributed by atoms with Crippen molar-refractivity contribution in [3.8, 4) is 0 Å². The number of carbonyl (C=O) groups excluding carboxylic acids is 1. The second-order valence-corrected chi connectivity index (χ2v) is 6.98. The minimum atomic E-state index is -0.495. The Morgan fingerprint density at radius 3 is 2.43 bits per heavy atom. The van der Waals surface area contributed by atoms with Crippen LogP contribution in [0.4, 0.5) is 4.79 Å². The molecule has 0 aromatic heterocycles. The number of likely N-dealkylation sites (N-methyl/N-ethyl adjacent to an activating group) is 1. The van der Waals surface area contributed by atoms with E-state index in [1.165, 1.54) is 0 Å². The van der Waals surface area contributed by atoms with Crippen molar-refractivity contribution in [2.75, 3.05) is 33.4 Å². The highest BCUT2D eigenvalue weighted by molar-refractivity contribution is 5.67. The van der Waals surface area contributed by atoms with Gasteiger partial charge in [-0.25, -0.2) is 4.79 Å². The predicted octanol–water partition coefficient (Wildman–Crippen LogP) is 2.24. The van der Waals surface area contributed by atoms with Crippen LogP contribution < -0.4 is 5.32 Å². The minimum Gasteiger partial charge on any atom is -0.478 e. The molecular weight excluding hydrogens is 300 g/mol. The van der Waals surface area contributed by atoms with Crippen molar-refractivity contribution in [3.63, 3.8) is 0 Å². The molecule has 1 aliphatic heterocycles. The molecule has 0 radical (unpaired) electrons. The Morgan fingerprint density at radius 2 is 1.96 bits per heavy atom. The lowest BCUT2D eigenvalue weighted by molar-refractivity contribution is 0.0486. The summed E-state index contributed by atoms with van der Waals surface area (Å²) in [5.41, 5.74) is -0.495. The van der Waals surface area contributed by atoms with Crippen LogP contribution in [-0.4, -0.2) is 61.1 Å². The van der Waals surface area contributed by atoms with Crippen molar-refractivity contribution in [3.05, 3.63) is 11.7 Å². The van der Waals surface area contributed by atoms with Crippen molar-refractivity contribution < 1.29 is 24.1 Å². The molecule has 0 aromatic rings. The third-order valence-corrected chi connectivity index (χ3v) is 3.25. The molecule has 0 unspecified atom stereocenters. The van der Waals surface area contributed by atoms with E-state index in [-0.39, 0.29) is 12.0 Å². The monoisotopic (exact) mass is 330 g/mol. The molecule has 0 saturated heterocycles. The van der Waals surface area contributed by atoms with Crippen molar-refractivity contribution in [2.24, 2.45) is 5.92 Å². The van der Waals surface area contributed by atoms with Gasteiger partial charge in [-0.05, 0) is 33.7 Å². The summed E-state index contributed by atoms with van der Waals surface area (Å²) in [6.45, 7) is 11.7. The first-order valence-electron chi connectivity index (χ1n) is 7.97. The van der Waals surface area contributed by atoms with Crippen LogP contribution in [-0.2, 0) is 14.2 Å². The molecule has 0 spiro atoms. The molecule has 1 amide bonds. The molecule has 0 saturated carbocycles. The largest absolute Gasteiger partial charge is 0.478 e. The fraction of sp³-hybridized carbons (Fsp3) is 0.812. The van der Waals surface area contributed by atoms with Crippen LogP contribution in [0.15, 0.2) is 11.7 Å². The number of rotatable bonds is 9. The van der Waals surface area contributed by atoms with Crippen molar-refractivity contribution in [2.45, 2.75) is 46.3 Å². The molecule has 0 aliphatic carbocycles. The van der Waals surface area contributed by atoms with Gasteiger partial charge in [-0.3, -0.25) is 4.90 Å². The molecule has 1 rings (SSSR count). The number of nitrogens with one attached hydrogen (secondary N) is 1. The number of hydrogen-bond donors (Lipinski definition) is 2. The maximum atomic E-state index is 11.4. The van der Waals surface area contributed by atoms with Gasteiger partial charge in [0.2, 0.25) is 5.76 Å². The van der Waals surface area contributed by atoms with E-state index < -0.39 is 11.7 Å². The van der Waals surface area contributed by atoms with Crippen molar-refractivity contribution in [1.29, 1.82) is 0 Å². The van der Waals surface area contributed by atoms with E-state index in [4.69, 9.17) is 14.2 Å². The highest BCUT2D eigenvalue weighted by atomic mass is 16.7. The first kappa shape index (κ1) is 19.6. The van der Waals surface area contributed by atoms with Crippen LogP contribution >= 0.6 is 0 Å². The van der Waals surface area contributed by atoms with E-state index in [1.807, 2.05) is 27.8 Å². The van der Waals surface area contributed by atoms with Crippen molar-refractivity contribution in [1.82, 2.24) is 10.2 Å². The van der Waals surface area contributed by atoms with Crippen LogP contribution in [0.1, 0.15) is 34.6 Å². The van der Waals surface area contributed by atoms with Gasteiger partial charge >= 0.3 is 12.0 Å². The maximum Gasteiger partial charge on any atom is 0.407 e. The lowest BCUT2D eigenvalue weighted by Gasteiger charge is -2.27. The fourth-order valence-electron chi connectivity index (χ4n) is 2.27. The molecule has 134 valence electrons. The van der Waals surface area contributed by atoms with Crippen LogP contribution in [0.3, 0.4) is 0 Å². The molecule has 1 heterocycles. The van der Waals surface area contributed by atoms with Gasteiger partial charge in [0, 0.05) is 13.1 Å². The number of aliphatic hydroxyl groups is 1. The molecule has 0 bridgehead atoms. The summed E-state index contributed by atoms with van der Waals surface area (Å²) in [6, 6.07) is 0.0542. The zero-order valence-electron chi connectivity index (χ0n) is 15.0. The second-order valence-electron chi connectivity index (χ2n) is 6.98. The Bertz CT molecular complexity index is 429. The molecule has 1 atom stereocenters. The number of ether oxygens (including phenoxy) is 3. The number of nitrogens with zero attached hydrogens (tertiary/aromatic N) is 1. The molecule has 7 heteroatoms. The highest BCUT2D eigenvalue weighted by Gasteiger charge is 2.37. The van der Waals surface area contributed by atoms with Gasteiger partial charge < -0.3 is 24.6 Å². The summed E-state index contributed by atoms with van der Waals surface area (Å²) in [4.78, 5) is 13.5. The SMILES string of the molecule is CC(C)[C@@H](C1=C(O)O1)N(C)CCOCCNC(=O)OC(C)(C)C. The summed E-state index contributed by atoms with van der Waals surface area (Å²) < 4.78 is 15.7.